The summed E-state index contributed by atoms with van der Waals surface area (Å²) in [6.07, 6.45) is 0.942. The lowest BCUT2D eigenvalue weighted by Gasteiger charge is -2.33. The summed E-state index contributed by atoms with van der Waals surface area (Å²) in [5.74, 6) is 0. The van der Waals surface area contributed by atoms with Gasteiger partial charge >= 0.3 is 13.6 Å². The molecule has 0 aliphatic carbocycles. The smallest absolute Gasteiger partial charge is 0.316 e. The number of benzene rings is 4. The van der Waals surface area contributed by atoms with Crippen molar-refractivity contribution in [1.82, 2.24) is 0 Å². The molecule has 4 aromatic rings. The van der Waals surface area contributed by atoms with Gasteiger partial charge in [0.2, 0.25) is 0 Å². The van der Waals surface area contributed by atoms with Gasteiger partial charge in [-0.25, -0.2) is 9.13 Å². The molecule has 214 valence electrons. The predicted molar refractivity (Wildman–Crippen MR) is 168 cm³/mol. The van der Waals surface area contributed by atoms with Crippen LogP contribution < -0.4 is 0 Å². The molecule has 0 amide bonds. The molecule has 41 heavy (non-hydrogen) atoms. The van der Waals surface area contributed by atoms with Gasteiger partial charge in [-0.3, -0.25) is 9.05 Å². The van der Waals surface area contributed by atoms with E-state index in [1.165, 1.54) is 18.5 Å². The van der Waals surface area contributed by atoms with E-state index < -0.39 is 13.6 Å². The van der Waals surface area contributed by atoms with Gasteiger partial charge in [0, 0.05) is 17.6 Å². The molecule has 2 saturated heterocycles. The van der Waals surface area contributed by atoms with Gasteiger partial charge in [0.1, 0.15) is 0 Å². The highest BCUT2D eigenvalue weighted by Gasteiger charge is 2.40. The van der Waals surface area contributed by atoms with E-state index in [2.05, 4.69) is 12.1 Å². The van der Waals surface area contributed by atoms with Crippen LogP contribution in [0.2, 0.25) is 0 Å². The largest absolute Gasteiger partial charge is 0.390 e. The average Bonchev–Trinajstić information content (AvgIpc) is 3.02. The molecule has 2 heterocycles. The van der Waals surface area contributed by atoms with Crippen LogP contribution in [0, 0.1) is 0 Å². The molecular formula is C31H32O6P2S2. The third-order valence-corrected chi connectivity index (χ3v) is 14.3. The summed E-state index contributed by atoms with van der Waals surface area (Å²) in [7, 11) is 1.45. The maximum Gasteiger partial charge on any atom is 0.390 e. The predicted octanol–water partition coefficient (Wildman–Crippen LogP) is 10.1. The van der Waals surface area contributed by atoms with Crippen LogP contribution in [0.3, 0.4) is 0 Å². The van der Waals surface area contributed by atoms with Crippen molar-refractivity contribution in [2.75, 3.05) is 7.11 Å². The standard InChI is InChI=1S/C16H17O3PS.C15H15O3PS/c1-18-20(17)19-15(13-8-4-2-5-9-13)12-16(21-20)14-10-6-3-7-11-14;16-19(17)18-14(12-7-3-1-4-8-12)11-15(20-19)13-9-5-2-6-10-13/h2-11,15-16H,12H2,1H3;1-10,14-15H,11H2,(H,16,17). The van der Waals surface area contributed by atoms with Crippen LogP contribution in [0.4, 0.5) is 0 Å². The van der Waals surface area contributed by atoms with Crippen LogP contribution in [0.15, 0.2) is 121 Å². The van der Waals surface area contributed by atoms with Crippen LogP contribution in [-0.2, 0) is 22.7 Å². The summed E-state index contributed by atoms with van der Waals surface area (Å²) < 4.78 is 41.1. The summed E-state index contributed by atoms with van der Waals surface area (Å²) >= 11 is 2.33. The monoisotopic (exact) mass is 626 g/mol. The van der Waals surface area contributed by atoms with E-state index in [1.807, 2.05) is 109 Å². The molecule has 0 saturated carbocycles. The molecule has 0 aromatic heterocycles. The zero-order chi connectivity index (χ0) is 28.7. The van der Waals surface area contributed by atoms with Gasteiger partial charge in [-0.2, -0.15) is 0 Å². The molecule has 6 unspecified atom stereocenters. The quantitative estimate of drug-likeness (QED) is 0.219. The molecular weight excluding hydrogens is 594 g/mol. The van der Waals surface area contributed by atoms with Crippen molar-refractivity contribution in [1.29, 1.82) is 0 Å². The second-order valence-corrected chi connectivity index (χ2v) is 17.8. The third kappa shape index (κ3) is 8.25. The molecule has 10 heteroatoms. The second kappa shape index (κ2) is 13.9. The first-order valence-electron chi connectivity index (χ1n) is 13.3. The van der Waals surface area contributed by atoms with Gasteiger partial charge in [-0.1, -0.05) is 121 Å². The first-order chi connectivity index (χ1) is 19.8. The molecule has 1 N–H and O–H groups in total. The highest BCUT2D eigenvalue weighted by molar-refractivity contribution is 8.55. The normalized spacial score (nSPS) is 29.6. The molecule has 6 rings (SSSR count). The Kier molecular flexibility index (Phi) is 10.3. The van der Waals surface area contributed by atoms with Crippen LogP contribution >= 0.6 is 36.4 Å². The van der Waals surface area contributed by atoms with Gasteiger partial charge in [0.15, 0.2) is 0 Å². The Balaban J connectivity index is 0.000000165. The van der Waals surface area contributed by atoms with E-state index >= 15 is 0 Å². The third-order valence-electron chi connectivity index (χ3n) is 6.80. The Morgan fingerprint density at radius 3 is 1.39 bits per heavy atom. The Hall–Kier alpha value is -2.12. The maximum absolute atomic E-state index is 12.7. The van der Waals surface area contributed by atoms with Crippen molar-refractivity contribution < 1.29 is 27.6 Å². The lowest BCUT2D eigenvalue weighted by atomic mass is 10.0. The zero-order valence-electron chi connectivity index (χ0n) is 22.5. The van der Waals surface area contributed by atoms with Gasteiger partial charge in [-0.15, -0.1) is 0 Å². The fourth-order valence-electron chi connectivity index (χ4n) is 4.79. The first kappa shape index (κ1) is 30.3. The SMILES string of the molecule is COP1(=O)OC(c2ccccc2)CC(c2ccccc2)S1.O=P1(O)OC(c2ccccc2)CC(c2ccccc2)S1. The molecule has 4 aromatic carbocycles. The summed E-state index contributed by atoms with van der Waals surface area (Å²) in [6.45, 7) is -6.73. The minimum Gasteiger partial charge on any atom is -0.316 e. The van der Waals surface area contributed by atoms with Gasteiger partial charge in [0.25, 0.3) is 0 Å². The molecule has 2 fully saturated rings. The van der Waals surface area contributed by atoms with Gasteiger partial charge in [0.05, 0.1) is 12.2 Å². The molecule has 0 bridgehead atoms. The minimum atomic E-state index is -3.61. The van der Waals surface area contributed by atoms with Crippen molar-refractivity contribution in [2.24, 2.45) is 0 Å². The Morgan fingerprint density at radius 2 is 0.976 bits per heavy atom. The van der Waals surface area contributed by atoms with E-state index in [4.69, 9.17) is 13.6 Å². The molecule has 0 radical (unpaired) electrons. The van der Waals surface area contributed by atoms with Crippen molar-refractivity contribution >= 4 is 36.4 Å². The second-order valence-electron chi connectivity index (χ2n) is 9.59. The maximum atomic E-state index is 12.7. The van der Waals surface area contributed by atoms with Crippen LogP contribution in [0.25, 0.3) is 0 Å². The Labute approximate surface area is 249 Å². The summed E-state index contributed by atoms with van der Waals surface area (Å²) in [4.78, 5) is 9.93. The molecule has 6 nitrogen and oxygen atoms in total. The molecule has 2 aliphatic rings. The van der Waals surface area contributed by atoms with E-state index in [9.17, 15) is 14.0 Å². The van der Waals surface area contributed by atoms with Crippen molar-refractivity contribution in [3.05, 3.63) is 144 Å². The molecule has 2 aliphatic heterocycles. The van der Waals surface area contributed by atoms with E-state index in [-0.39, 0.29) is 22.7 Å². The van der Waals surface area contributed by atoms with E-state index in [1.54, 1.807) is 0 Å². The summed E-state index contributed by atoms with van der Waals surface area (Å²) in [5.41, 5.74) is 4.21. The first-order valence-corrected chi connectivity index (χ1v) is 19.3. The van der Waals surface area contributed by atoms with E-state index in [0.717, 1.165) is 40.1 Å². The Bertz CT molecular complexity index is 1380. The van der Waals surface area contributed by atoms with Gasteiger partial charge in [-0.05, 0) is 57.9 Å². The highest BCUT2D eigenvalue weighted by atomic mass is 32.7. The van der Waals surface area contributed by atoms with Crippen molar-refractivity contribution in [3.8, 4) is 0 Å². The summed E-state index contributed by atoms with van der Waals surface area (Å²) in [5, 5.41) is 0.0851. The van der Waals surface area contributed by atoms with Crippen LogP contribution in [-0.4, -0.2) is 12.0 Å². The van der Waals surface area contributed by atoms with Crippen molar-refractivity contribution in [3.63, 3.8) is 0 Å². The topological polar surface area (TPSA) is 82.1 Å². The van der Waals surface area contributed by atoms with E-state index in [0.29, 0.717) is 6.42 Å². The van der Waals surface area contributed by atoms with Crippen LogP contribution in [0.5, 0.6) is 0 Å². The lowest BCUT2D eigenvalue weighted by molar-refractivity contribution is 0.159. The fourth-order valence-corrected chi connectivity index (χ4v) is 12.1. The fraction of sp³-hybridized carbons (Fsp3) is 0.226. The molecule has 0 spiro atoms. The Morgan fingerprint density at radius 1 is 0.610 bits per heavy atom. The number of hydrogen-bond acceptors (Lipinski definition) is 7. The van der Waals surface area contributed by atoms with Crippen LogP contribution in [0.1, 0.15) is 57.8 Å². The summed E-state index contributed by atoms with van der Waals surface area (Å²) in [6, 6.07) is 39.5. The van der Waals surface area contributed by atoms with Gasteiger partial charge < -0.3 is 9.42 Å². The highest BCUT2D eigenvalue weighted by Crippen LogP contribution is 2.72. The minimum absolute atomic E-state index is 0.0222. The average molecular weight is 627 g/mol. The zero-order valence-corrected chi connectivity index (χ0v) is 25.9. The number of rotatable bonds is 5. The van der Waals surface area contributed by atoms with Crippen molar-refractivity contribution in [2.45, 2.75) is 35.5 Å². The lowest BCUT2D eigenvalue weighted by Crippen LogP contribution is -2.12. The number of hydrogen-bond donors (Lipinski definition) is 1. The molecule has 6 atom stereocenters.